The van der Waals surface area contributed by atoms with E-state index < -0.39 is 0 Å². The summed E-state index contributed by atoms with van der Waals surface area (Å²) in [6.07, 6.45) is 3.21. The highest BCUT2D eigenvalue weighted by molar-refractivity contribution is 5.93. The fraction of sp³-hybridized carbons (Fsp3) is 0.609. The van der Waals surface area contributed by atoms with Crippen LogP contribution in [0.1, 0.15) is 47.1 Å². The molecule has 0 bridgehead atoms. The first kappa shape index (κ1) is 20.6. The fourth-order valence-corrected chi connectivity index (χ4v) is 5.09. The number of morpholine rings is 1. The summed E-state index contributed by atoms with van der Waals surface area (Å²) in [4.78, 5) is 17.6. The minimum Gasteiger partial charge on any atom is -0.381 e. The summed E-state index contributed by atoms with van der Waals surface area (Å²) in [5.74, 6) is -0.0601. The molecule has 2 fully saturated rings. The minimum absolute atomic E-state index is 0.0476. The van der Waals surface area contributed by atoms with E-state index in [2.05, 4.69) is 33.4 Å². The van der Waals surface area contributed by atoms with E-state index >= 15 is 0 Å². The molecule has 3 aliphatic heterocycles. The summed E-state index contributed by atoms with van der Waals surface area (Å²) in [6, 6.07) is 7.06. The summed E-state index contributed by atoms with van der Waals surface area (Å²) in [7, 11) is 0. The Morgan fingerprint density at radius 1 is 1.13 bits per heavy atom. The van der Waals surface area contributed by atoms with Gasteiger partial charge in [-0.25, -0.2) is 4.68 Å². The van der Waals surface area contributed by atoms with Gasteiger partial charge in [0.2, 0.25) is 0 Å². The molecule has 1 aromatic heterocycles. The SMILES string of the molecule is Cc1c(C(=O)N2CCOCC2C)nnn1-c1cccc2c1CCN(C1CCOCC1)C2. The monoisotopic (exact) mass is 425 g/mol. The molecular weight excluding hydrogens is 394 g/mol. The van der Waals surface area contributed by atoms with Crippen LogP contribution in [-0.4, -0.2) is 82.3 Å². The van der Waals surface area contributed by atoms with Crippen molar-refractivity contribution in [3.63, 3.8) is 0 Å². The maximum absolute atomic E-state index is 13.1. The van der Waals surface area contributed by atoms with Gasteiger partial charge < -0.3 is 14.4 Å². The van der Waals surface area contributed by atoms with Gasteiger partial charge in [-0.15, -0.1) is 5.10 Å². The van der Waals surface area contributed by atoms with Crippen LogP contribution in [0.2, 0.25) is 0 Å². The number of ether oxygens (including phenoxy) is 2. The van der Waals surface area contributed by atoms with Crippen molar-refractivity contribution >= 4 is 5.91 Å². The average Bonchev–Trinajstić information content (AvgIpc) is 3.19. The zero-order valence-electron chi connectivity index (χ0n) is 18.4. The molecule has 4 heterocycles. The van der Waals surface area contributed by atoms with E-state index in [1.165, 1.54) is 11.1 Å². The van der Waals surface area contributed by atoms with E-state index in [4.69, 9.17) is 9.47 Å². The van der Waals surface area contributed by atoms with E-state index in [0.717, 1.165) is 56.9 Å². The maximum Gasteiger partial charge on any atom is 0.276 e. The maximum atomic E-state index is 13.1. The van der Waals surface area contributed by atoms with E-state index in [1.54, 1.807) is 0 Å². The number of fused-ring (bicyclic) bond motifs is 1. The molecule has 8 heteroatoms. The minimum atomic E-state index is -0.0601. The fourth-order valence-electron chi connectivity index (χ4n) is 5.09. The van der Waals surface area contributed by atoms with Crippen molar-refractivity contribution in [2.75, 3.05) is 39.5 Å². The lowest BCUT2D eigenvalue weighted by atomic mass is 9.95. The van der Waals surface area contributed by atoms with Crippen LogP contribution >= 0.6 is 0 Å². The number of hydrogen-bond donors (Lipinski definition) is 0. The van der Waals surface area contributed by atoms with Crippen LogP contribution in [0.25, 0.3) is 5.69 Å². The van der Waals surface area contributed by atoms with Crippen LogP contribution in [0, 0.1) is 6.92 Å². The zero-order chi connectivity index (χ0) is 21.4. The molecule has 2 saturated heterocycles. The second-order valence-electron chi connectivity index (χ2n) is 8.84. The summed E-state index contributed by atoms with van der Waals surface area (Å²) in [5, 5.41) is 8.70. The van der Waals surface area contributed by atoms with Crippen LogP contribution in [0.4, 0.5) is 0 Å². The number of benzene rings is 1. The summed E-state index contributed by atoms with van der Waals surface area (Å²) in [6.45, 7) is 9.40. The number of hydrogen-bond acceptors (Lipinski definition) is 6. The van der Waals surface area contributed by atoms with Crippen molar-refractivity contribution in [2.45, 2.75) is 51.7 Å². The molecule has 0 radical (unpaired) electrons. The molecule has 2 aromatic rings. The van der Waals surface area contributed by atoms with Crippen LogP contribution < -0.4 is 0 Å². The number of carbonyl (C=O) groups excluding carboxylic acids is 1. The van der Waals surface area contributed by atoms with Gasteiger partial charge in [-0.3, -0.25) is 9.69 Å². The highest BCUT2D eigenvalue weighted by Gasteiger charge is 2.30. The first-order valence-corrected chi connectivity index (χ1v) is 11.4. The van der Waals surface area contributed by atoms with E-state index in [-0.39, 0.29) is 11.9 Å². The topological polar surface area (TPSA) is 72.7 Å². The molecule has 0 saturated carbocycles. The molecule has 0 aliphatic carbocycles. The molecule has 5 rings (SSSR count). The smallest absolute Gasteiger partial charge is 0.276 e. The zero-order valence-corrected chi connectivity index (χ0v) is 18.4. The van der Waals surface area contributed by atoms with Gasteiger partial charge in [0, 0.05) is 38.9 Å². The third-order valence-corrected chi connectivity index (χ3v) is 6.93. The third-order valence-electron chi connectivity index (χ3n) is 6.93. The lowest BCUT2D eigenvalue weighted by Gasteiger charge is -2.38. The molecule has 1 amide bonds. The number of rotatable bonds is 3. The predicted octanol–water partition coefficient (Wildman–Crippen LogP) is 1.97. The Balaban J connectivity index is 1.40. The standard InChI is InChI=1S/C23H31N5O3/c1-16-15-31-13-10-27(16)23(29)22-17(2)28(25-24-22)21-5-3-4-18-14-26(9-6-20(18)21)19-7-11-30-12-8-19/h3-5,16,19H,6-15H2,1-2H3. The van der Waals surface area contributed by atoms with Gasteiger partial charge in [-0.2, -0.15) is 0 Å². The van der Waals surface area contributed by atoms with Crippen molar-refractivity contribution in [3.8, 4) is 5.69 Å². The number of amides is 1. The first-order chi connectivity index (χ1) is 15.1. The largest absolute Gasteiger partial charge is 0.381 e. The predicted molar refractivity (Wildman–Crippen MR) is 115 cm³/mol. The van der Waals surface area contributed by atoms with Crippen molar-refractivity contribution in [3.05, 3.63) is 40.7 Å². The Morgan fingerprint density at radius 3 is 2.77 bits per heavy atom. The first-order valence-electron chi connectivity index (χ1n) is 11.4. The molecule has 0 N–H and O–H groups in total. The van der Waals surface area contributed by atoms with E-state index in [0.29, 0.717) is 31.5 Å². The Hall–Kier alpha value is -2.29. The van der Waals surface area contributed by atoms with E-state index in [1.807, 2.05) is 23.4 Å². The molecule has 3 aliphatic rings. The van der Waals surface area contributed by atoms with Crippen LogP contribution in [0.3, 0.4) is 0 Å². The van der Waals surface area contributed by atoms with Crippen molar-refractivity contribution in [1.82, 2.24) is 24.8 Å². The summed E-state index contributed by atoms with van der Waals surface area (Å²) >= 11 is 0. The second kappa shape index (κ2) is 8.68. The molecule has 1 unspecified atom stereocenters. The van der Waals surface area contributed by atoms with Crippen LogP contribution in [0.5, 0.6) is 0 Å². The molecule has 0 spiro atoms. The Labute approximate surface area is 183 Å². The molecular formula is C23H31N5O3. The summed E-state index contributed by atoms with van der Waals surface area (Å²) < 4.78 is 12.9. The average molecular weight is 426 g/mol. The van der Waals surface area contributed by atoms with Gasteiger partial charge >= 0.3 is 0 Å². The van der Waals surface area contributed by atoms with Gasteiger partial charge in [-0.05, 0) is 50.3 Å². The van der Waals surface area contributed by atoms with Gasteiger partial charge in [0.1, 0.15) is 0 Å². The molecule has 1 aromatic carbocycles. The van der Waals surface area contributed by atoms with Crippen molar-refractivity contribution < 1.29 is 14.3 Å². The molecule has 166 valence electrons. The molecule has 31 heavy (non-hydrogen) atoms. The highest BCUT2D eigenvalue weighted by Crippen LogP contribution is 2.29. The summed E-state index contributed by atoms with van der Waals surface area (Å²) in [5.41, 5.74) is 4.94. The van der Waals surface area contributed by atoms with Gasteiger partial charge in [0.25, 0.3) is 5.91 Å². The van der Waals surface area contributed by atoms with Crippen molar-refractivity contribution in [2.24, 2.45) is 0 Å². The van der Waals surface area contributed by atoms with Gasteiger partial charge in [0.05, 0.1) is 30.6 Å². The van der Waals surface area contributed by atoms with Gasteiger partial charge in [0.15, 0.2) is 5.69 Å². The van der Waals surface area contributed by atoms with Gasteiger partial charge in [-0.1, -0.05) is 17.3 Å². The number of carbonyl (C=O) groups is 1. The second-order valence-corrected chi connectivity index (χ2v) is 8.84. The van der Waals surface area contributed by atoms with Crippen LogP contribution in [0.15, 0.2) is 18.2 Å². The molecule has 1 atom stereocenters. The lowest BCUT2D eigenvalue weighted by Crippen LogP contribution is -2.47. The Kier molecular flexibility index (Phi) is 5.77. The Morgan fingerprint density at radius 2 is 1.97 bits per heavy atom. The lowest BCUT2D eigenvalue weighted by molar-refractivity contribution is 0.00322. The highest BCUT2D eigenvalue weighted by atomic mass is 16.5. The number of aromatic nitrogens is 3. The third kappa shape index (κ3) is 3.88. The molecule has 8 nitrogen and oxygen atoms in total. The van der Waals surface area contributed by atoms with Crippen LogP contribution in [-0.2, 0) is 22.4 Å². The normalized spacial score (nSPS) is 23.0. The van der Waals surface area contributed by atoms with Crippen molar-refractivity contribution in [1.29, 1.82) is 0 Å². The van der Waals surface area contributed by atoms with E-state index in [9.17, 15) is 4.79 Å². The quantitative estimate of drug-likeness (QED) is 0.749. The Bertz CT molecular complexity index is 953. The number of nitrogens with zero attached hydrogens (tertiary/aromatic N) is 5.